The third-order valence-corrected chi connectivity index (χ3v) is 5.42. The van der Waals surface area contributed by atoms with Gasteiger partial charge in [0.1, 0.15) is 11.8 Å². The van der Waals surface area contributed by atoms with Crippen molar-refractivity contribution < 1.29 is 14.3 Å². The zero-order chi connectivity index (χ0) is 22.5. The maximum atomic E-state index is 13.1. The fraction of sp³-hybridized carbons (Fsp3) is 0.462. The summed E-state index contributed by atoms with van der Waals surface area (Å²) in [6.45, 7) is 6.98. The van der Waals surface area contributed by atoms with Crippen LogP contribution in [-0.4, -0.2) is 41.9 Å². The van der Waals surface area contributed by atoms with Crippen LogP contribution in [0.2, 0.25) is 0 Å². The van der Waals surface area contributed by atoms with E-state index in [0.717, 1.165) is 24.2 Å². The number of rotatable bonds is 13. The first kappa shape index (κ1) is 24.4. The summed E-state index contributed by atoms with van der Waals surface area (Å²) in [5.41, 5.74) is 1.16. The van der Waals surface area contributed by atoms with E-state index in [1.807, 2.05) is 69.3 Å². The lowest BCUT2D eigenvalue weighted by Crippen LogP contribution is -2.51. The molecule has 2 atom stereocenters. The van der Waals surface area contributed by atoms with Gasteiger partial charge in [-0.2, -0.15) is 0 Å². The van der Waals surface area contributed by atoms with E-state index in [2.05, 4.69) is 17.4 Å². The minimum absolute atomic E-state index is 0.00116. The van der Waals surface area contributed by atoms with Crippen LogP contribution in [-0.2, 0) is 16.0 Å². The number of ether oxygens (including phenoxy) is 1. The topological polar surface area (TPSA) is 58.6 Å². The van der Waals surface area contributed by atoms with Crippen molar-refractivity contribution >= 4 is 11.8 Å². The first-order valence-corrected chi connectivity index (χ1v) is 11.4. The van der Waals surface area contributed by atoms with E-state index in [1.165, 1.54) is 0 Å². The van der Waals surface area contributed by atoms with Crippen LogP contribution in [0.1, 0.15) is 52.0 Å². The first-order valence-electron chi connectivity index (χ1n) is 11.4. The summed E-state index contributed by atoms with van der Waals surface area (Å²) in [7, 11) is 0. The second-order valence-corrected chi connectivity index (χ2v) is 7.83. The van der Waals surface area contributed by atoms with Gasteiger partial charge in [0.05, 0.1) is 6.61 Å². The predicted molar refractivity (Wildman–Crippen MR) is 125 cm³/mol. The van der Waals surface area contributed by atoms with Gasteiger partial charge in [-0.3, -0.25) is 9.59 Å². The molecule has 0 radical (unpaired) electrons. The van der Waals surface area contributed by atoms with Crippen LogP contribution >= 0.6 is 0 Å². The number of carbonyl (C=O) groups excluding carboxylic acids is 2. The highest BCUT2D eigenvalue weighted by atomic mass is 16.5. The van der Waals surface area contributed by atoms with E-state index in [0.29, 0.717) is 32.4 Å². The molecule has 2 rings (SSSR count). The number of para-hydroxylation sites is 1. The van der Waals surface area contributed by atoms with Crippen molar-refractivity contribution in [2.75, 3.05) is 13.2 Å². The third-order valence-electron chi connectivity index (χ3n) is 5.42. The predicted octanol–water partition coefficient (Wildman–Crippen LogP) is 4.61. The molecule has 1 N–H and O–H groups in total. The highest BCUT2D eigenvalue weighted by Crippen LogP contribution is 2.13. The van der Waals surface area contributed by atoms with E-state index in [1.54, 1.807) is 4.90 Å². The summed E-state index contributed by atoms with van der Waals surface area (Å²) in [6.07, 6.45) is 3.13. The number of hydrogen-bond acceptors (Lipinski definition) is 3. The van der Waals surface area contributed by atoms with Gasteiger partial charge < -0.3 is 15.0 Å². The van der Waals surface area contributed by atoms with Gasteiger partial charge in [0, 0.05) is 19.0 Å². The third kappa shape index (κ3) is 8.44. The Morgan fingerprint density at radius 1 is 0.968 bits per heavy atom. The zero-order valence-electron chi connectivity index (χ0n) is 19.0. The van der Waals surface area contributed by atoms with Crippen molar-refractivity contribution in [2.24, 2.45) is 0 Å². The van der Waals surface area contributed by atoms with Crippen LogP contribution in [0, 0.1) is 0 Å². The van der Waals surface area contributed by atoms with E-state index < -0.39 is 6.04 Å². The molecule has 0 saturated carbocycles. The first-order chi connectivity index (χ1) is 15.0. The molecular weight excluding hydrogens is 388 g/mol. The Hall–Kier alpha value is -2.82. The lowest BCUT2D eigenvalue weighted by molar-refractivity contribution is -0.141. The Labute approximate surface area is 186 Å². The second kappa shape index (κ2) is 13.5. The lowest BCUT2D eigenvalue weighted by atomic mass is 10.1. The molecule has 5 nitrogen and oxygen atoms in total. The monoisotopic (exact) mass is 424 g/mol. The highest BCUT2D eigenvalue weighted by molar-refractivity contribution is 5.87. The van der Waals surface area contributed by atoms with Gasteiger partial charge in [0.15, 0.2) is 0 Å². The fourth-order valence-corrected chi connectivity index (χ4v) is 3.41. The lowest BCUT2D eigenvalue weighted by Gasteiger charge is -2.31. The Bertz CT molecular complexity index is 780. The van der Waals surface area contributed by atoms with Crippen LogP contribution in [0.15, 0.2) is 60.7 Å². The van der Waals surface area contributed by atoms with Crippen LogP contribution in [0.25, 0.3) is 0 Å². The maximum Gasteiger partial charge on any atom is 0.243 e. The molecule has 0 heterocycles. The fourth-order valence-electron chi connectivity index (χ4n) is 3.41. The van der Waals surface area contributed by atoms with Crippen molar-refractivity contribution in [3.05, 3.63) is 66.2 Å². The Morgan fingerprint density at radius 2 is 1.61 bits per heavy atom. The Balaban J connectivity index is 2.00. The van der Waals surface area contributed by atoms with Crippen molar-refractivity contribution in [2.45, 2.75) is 65.0 Å². The molecule has 168 valence electrons. The van der Waals surface area contributed by atoms with Gasteiger partial charge in [-0.1, -0.05) is 62.4 Å². The number of benzene rings is 2. The molecule has 31 heavy (non-hydrogen) atoms. The summed E-state index contributed by atoms with van der Waals surface area (Å²) >= 11 is 0. The smallest absolute Gasteiger partial charge is 0.243 e. The number of nitrogens with zero attached hydrogens (tertiary/aromatic N) is 1. The minimum atomic E-state index is -0.458. The summed E-state index contributed by atoms with van der Waals surface area (Å²) < 4.78 is 5.72. The maximum absolute atomic E-state index is 13.1. The average Bonchev–Trinajstić information content (AvgIpc) is 2.80. The SMILES string of the molecule is CC[C@@H](C)NC(=O)[C@@H](CC)N(CCc1ccccc1)C(=O)CCCOc1ccccc1. The minimum Gasteiger partial charge on any atom is -0.494 e. The molecule has 0 spiro atoms. The van der Waals surface area contributed by atoms with Crippen LogP contribution in [0.3, 0.4) is 0 Å². The molecular formula is C26H36N2O3. The van der Waals surface area contributed by atoms with Gasteiger partial charge in [0.25, 0.3) is 0 Å². The quantitative estimate of drug-likeness (QED) is 0.478. The normalized spacial score (nSPS) is 12.6. The van der Waals surface area contributed by atoms with Crippen LogP contribution in [0.4, 0.5) is 0 Å². The van der Waals surface area contributed by atoms with E-state index in [4.69, 9.17) is 4.74 Å². The van der Waals surface area contributed by atoms with E-state index in [9.17, 15) is 9.59 Å². The molecule has 2 aromatic carbocycles. The molecule has 0 saturated heterocycles. The van der Waals surface area contributed by atoms with Gasteiger partial charge in [0.2, 0.25) is 11.8 Å². The largest absolute Gasteiger partial charge is 0.494 e. The number of carbonyl (C=O) groups is 2. The molecule has 2 aromatic rings. The molecule has 0 aliphatic carbocycles. The van der Waals surface area contributed by atoms with Crippen molar-refractivity contribution in [3.63, 3.8) is 0 Å². The van der Waals surface area contributed by atoms with Gasteiger partial charge >= 0.3 is 0 Å². The zero-order valence-corrected chi connectivity index (χ0v) is 19.0. The van der Waals surface area contributed by atoms with E-state index in [-0.39, 0.29) is 17.9 Å². The van der Waals surface area contributed by atoms with Crippen LogP contribution < -0.4 is 10.1 Å². The second-order valence-electron chi connectivity index (χ2n) is 7.83. The summed E-state index contributed by atoms with van der Waals surface area (Å²) in [5.74, 6) is 0.729. The number of amides is 2. The van der Waals surface area contributed by atoms with Crippen LogP contribution in [0.5, 0.6) is 5.75 Å². The Morgan fingerprint density at radius 3 is 2.23 bits per heavy atom. The number of nitrogens with one attached hydrogen (secondary N) is 1. The highest BCUT2D eigenvalue weighted by Gasteiger charge is 2.28. The standard InChI is InChI=1S/C26H36N2O3/c1-4-21(3)27-26(30)24(5-2)28(19-18-22-13-8-6-9-14-22)25(29)17-12-20-31-23-15-10-7-11-16-23/h6-11,13-16,21,24H,4-5,12,17-20H2,1-3H3,(H,27,30)/t21-,24-/m1/s1. The van der Waals surface area contributed by atoms with Gasteiger partial charge in [-0.15, -0.1) is 0 Å². The molecule has 5 heteroatoms. The molecule has 0 fully saturated rings. The van der Waals surface area contributed by atoms with Gasteiger partial charge in [-0.05, 0) is 50.3 Å². The van der Waals surface area contributed by atoms with Crippen molar-refractivity contribution in [1.82, 2.24) is 10.2 Å². The summed E-state index contributed by atoms with van der Waals surface area (Å²) in [4.78, 5) is 27.8. The van der Waals surface area contributed by atoms with Gasteiger partial charge in [-0.25, -0.2) is 0 Å². The van der Waals surface area contributed by atoms with E-state index >= 15 is 0 Å². The van der Waals surface area contributed by atoms with Crippen molar-refractivity contribution in [1.29, 1.82) is 0 Å². The molecule has 0 aliphatic heterocycles. The molecule has 0 bridgehead atoms. The molecule has 0 aromatic heterocycles. The molecule has 2 amide bonds. The molecule has 0 unspecified atom stereocenters. The number of hydrogen-bond donors (Lipinski definition) is 1. The average molecular weight is 425 g/mol. The van der Waals surface area contributed by atoms with Crippen molar-refractivity contribution in [3.8, 4) is 5.75 Å². The molecule has 0 aliphatic rings. The summed E-state index contributed by atoms with van der Waals surface area (Å²) in [6, 6.07) is 19.3. The summed E-state index contributed by atoms with van der Waals surface area (Å²) in [5, 5.41) is 3.05. The Kier molecular flexibility index (Phi) is 10.6.